The zero-order valence-electron chi connectivity index (χ0n) is 16.1. The van der Waals surface area contributed by atoms with E-state index in [1.165, 1.54) is 11.3 Å². The Labute approximate surface area is 186 Å². The van der Waals surface area contributed by atoms with Crippen LogP contribution in [0.2, 0.25) is 5.02 Å². The van der Waals surface area contributed by atoms with E-state index in [1.807, 2.05) is 12.1 Å². The van der Waals surface area contributed by atoms with Crippen LogP contribution in [0.25, 0.3) is 11.5 Å². The van der Waals surface area contributed by atoms with E-state index in [-0.39, 0.29) is 29.5 Å². The van der Waals surface area contributed by atoms with E-state index in [1.54, 1.807) is 19.1 Å². The summed E-state index contributed by atoms with van der Waals surface area (Å²) < 4.78 is 10.8. The Morgan fingerprint density at radius 3 is 2.93 bits per heavy atom. The lowest BCUT2D eigenvalue weighted by atomic mass is 10.1. The maximum absolute atomic E-state index is 12.5. The number of hydrogen-bond acceptors (Lipinski definition) is 8. The third kappa shape index (κ3) is 4.38. The van der Waals surface area contributed by atoms with Gasteiger partial charge < -0.3 is 14.5 Å². The van der Waals surface area contributed by atoms with Crippen molar-refractivity contribution in [2.24, 2.45) is 0 Å². The minimum atomic E-state index is -0.388. The van der Waals surface area contributed by atoms with E-state index in [2.05, 4.69) is 15.5 Å². The van der Waals surface area contributed by atoms with E-state index in [4.69, 9.17) is 20.8 Å². The quantitative estimate of drug-likeness (QED) is 0.395. The van der Waals surface area contributed by atoms with Crippen LogP contribution in [-0.4, -0.2) is 34.4 Å². The van der Waals surface area contributed by atoms with Gasteiger partial charge in [0.2, 0.25) is 11.8 Å². The number of ether oxygens (including phenoxy) is 1. The number of nitrogens with one attached hydrogen (secondary N) is 1. The number of hydrogen-bond donors (Lipinski definition) is 1. The van der Waals surface area contributed by atoms with Crippen LogP contribution >= 0.6 is 34.7 Å². The molecule has 1 aliphatic carbocycles. The minimum absolute atomic E-state index is 0.0645. The lowest BCUT2D eigenvalue weighted by molar-refractivity contribution is -0.113. The summed E-state index contributed by atoms with van der Waals surface area (Å²) >= 11 is 8.71. The van der Waals surface area contributed by atoms with E-state index in [9.17, 15) is 9.59 Å². The number of nitrogens with zero attached hydrogens (tertiary/aromatic N) is 2. The predicted molar refractivity (Wildman–Crippen MR) is 116 cm³/mol. The van der Waals surface area contributed by atoms with Crippen molar-refractivity contribution < 1.29 is 18.7 Å². The molecule has 1 aromatic carbocycles. The third-order valence-electron chi connectivity index (χ3n) is 4.49. The van der Waals surface area contributed by atoms with E-state index in [0.29, 0.717) is 27.0 Å². The Morgan fingerprint density at radius 1 is 1.30 bits per heavy atom. The lowest BCUT2D eigenvalue weighted by Gasteiger charge is -2.07. The van der Waals surface area contributed by atoms with Gasteiger partial charge in [0.15, 0.2) is 0 Å². The fourth-order valence-corrected chi connectivity index (χ4v) is 5.29. The first-order valence-corrected chi connectivity index (χ1v) is 11.6. The number of rotatable bonds is 7. The number of carbonyl (C=O) groups is 2. The molecule has 0 saturated carbocycles. The molecule has 7 nitrogen and oxygen atoms in total. The van der Waals surface area contributed by atoms with Gasteiger partial charge in [0.25, 0.3) is 5.22 Å². The zero-order valence-corrected chi connectivity index (χ0v) is 18.5. The molecule has 1 N–H and O–H groups in total. The number of halogens is 1. The summed E-state index contributed by atoms with van der Waals surface area (Å²) in [6, 6.07) is 7.16. The number of benzene rings is 1. The molecule has 1 aliphatic rings. The average Bonchev–Trinajstić information content (AvgIpc) is 3.43. The van der Waals surface area contributed by atoms with E-state index < -0.39 is 0 Å². The van der Waals surface area contributed by atoms with Crippen LogP contribution in [0.5, 0.6) is 0 Å². The van der Waals surface area contributed by atoms with Crippen LogP contribution in [-0.2, 0) is 22.4 Å². The molecule has 3 aromatic rings. The first-order valence-electron chi connectivity index (χ1n) is 9.39. The maximum atomic E-state index is 12.5. The number of fused-ring (bicyclic) bond motifs is 1. The fraction of sp³-hybridized carbons (Fsp3) is 0.300. The molecule has 0 aliphatic heterocycles. The highest BCUT2D eigenvalue weighted by Gasteiger charge is 2.28. The highest BCUT2D eigenvalue weighted by molar-refractivity contribution is 7.99. The Hall–Kier alpha value is -2.36. The largest absolute Gasteiger partial charge is 0.462 e. The van der Waals surface area contributed by atoms with Gasteiger partial charge in [-0.1, -0.05) is 35.5 Å². The van der Waals surface area contributed by atoms with Crippen molar-refractivity contribution in [2.45, 2.75) is 31.4 Å². The van der Waals surface area contributed by atoms with Crippen LogP contribution < -0.4 is 5.32 Å². The highest BCUT2D eigenvalue weighted by atomic mass is 35.5. The summed E-state index contributed by atoms with van der Waals surface area (Å²) in [7, 11) is 0. The molecule has 0 unspecified atom stereocenters. The van der Waals surface area contributed by atoms with Crippen LogP contribution in [0.4, 0.5) is 5.00 Å². The number of aryl methyl sites for hydroxylation is 1. The summed E-state index contributed by atoms with van der Waals surface area (Å²) in [5, 5.41) is 12.1. The standard InChI is InChI=1S/C20H18ClN3O4S2/c1-2-27-19(26)16-12-7-5-9-14(12)30-18(16)22-15(25)10-29-20-24-23-17(28-20)11-6-3-4-8-13(11)21/h3-4,6,8H,2,5,7,9-10H2,1H3,(H,22,25). The summed E-state index contributed by atoms with van der Waals surface area (Å²) in [5.41, 5.74) is 2.13. The number of esters is 1. The van der Waals surface area contributed by atoms with Crippen LogP contribution in [0, 0.1) is 0 Å². The molecule has 4 rings (SSSR count). The van der Waals surface area contributed by atoms with Crippen molar-refractivity contribution in [1.82, 2.24) is 10.2 Å². The number of aromatic nitrogens is 2. The Morgan fingerprint density at radius 2 is 2.13 bits per heavy atom. The summed E-state index contributed by atoms with van der Waals surface area (Å²) in [5.74, 6) is -0.290. The monoisotopic (exact) mass is 463 g/mol. The maximum Gasteiger partial charge on any atom is 0.341 e. The number of anilines is 1. The van der Waals surface area contributed by atoms with Gasteiger partial charge >= 0.3 is 5.97 Å². The van der Waals surface area contributed by atoms with Crippen molar-refractivity contribution in [3.63, 3.8) is 0 Å². The smallest absolute Gasteiger partial charge is 0.341 e. The molecule has 0 radical (unpaired) electrons. The molecule has 0 spiro atoms. The van der Waals surface area contributed by atoms with Gasteiger partial charge in [-0.05, 0) is 43.9 Å². The van der Waals surface area contributed by atoms with Gasteiger partial charge in [0, 0.05) is 4.88 Å². The first kappa shape index (κ1) is 20.9. The summed E-state index contributed by atoms with van der Waals surface area (Å²) in [6.07, 6.45) is 2.77. The Kier molecular flexibility index (Phi) is 6.40. The van der Waals surface area contributed by atoms with E-state index >= 15 is 0 Å². The molecule has 2 aromatic heterocycles. The second-order valence-corrected chi connectivity index (χ2v) is 8.91. The first-order chi connectivity index (χ1) is 14.6. The molecule has 156 valence electrons. The molecule has 0 saturated heterocycles. The third-order valence-corrected chi connectivity index (χ3v) is 6.85. The van der Waals surface area contributed by atoms with Crippen LogP contribution in [0.3, 0.4) is 0 Å². The lowest BCUT2D eigenvalue weighted by Crippen LogP contribution is -2.16. The van der Waals surface area contributed by atoms with Crippen molar-refractivity contribution in [3.05, 3.63) is 45.3 Å². The molecular weight excluding hydrogens is 446 g/mol. The Bertz CT molecular complexity index is 1100. The highest BCUT2D eigenvalue weighted by Crippen LogP contribution is 2.39. The molecule has 0 atom stereocenters. The molecule has 0 fully saturated rings. The van der Waals surface area contributed by atoms with E-state index in [0.717, 1.165) is 41.5 Å². The normalized spacial score (nSPS) is 12.6. The number of thioether (sulfide) groups is 1. The average molecular weight is 464 g/mol. The molecule has 1 amide bonds. The predicted octanol–water partition coefficient (Wildman–Crippen LogP) is 4.85. The second-order valence-electron chi connectivity index (χ2n) is 6.47. The molecule has 30 heavy (non-hydrogen) atoms. The van der Waals surface area contributed by atoms with Crippen LogP contribution in [0.1, 0.15) is 34.1 Å². The Balaban J connectivity index is 1.42. The van der Waals surface area contributed by atoms with Gasteiger partial charge in [-0.2, -0.15) is 0 Å². The molecule has 0 bridgehead atoms. The van der Waals surface area contributed by atoms with Crippen molar-refractivity contribution in [2.75, 3.05) is 17.7 Å². The summed E-state index contributed by atoms with van der Waals surface area (Å²) in [4.78, 5) is 26.0. The van der Waals surface area contributed by atoms with Crippen molar-refractivity contribution in [1.29, 1.82) is 0 Å². The van der Waals surface area contributed by atoms with Gasteiger partial charge in [0.05, 0.1) is 28.5 Å². The second kappa shape index (κ2) is 9.20. The van der Waals surface area contributed by atoms with Gasteiger partial charge in [0.1, 0.15) is 5.00 Å². The van der Waals surface area contributed by atoms with Gasteiger partial charge in [-0.15, -0.1) is 21.5 Å². The topological polar surface area (TPSA) is 94.3 Å². The molecular formula is C20H18ClN3O4S2. The zero-order chi connectivity index (χ0) is 21.1. The number of carbonyl (C=O) groups excluding carboxylic acids is 2. The SMILES string of the molecule is CCOC(=O)c1c(NC(=O)CSc2nnc(-c3ccccc3Cl)o2)sc2c1CCC2. The van der Waals surface area contributed by atoms with Crippen molar-refractivity contribution in [3.8, 4) is 11.5 Å². The molecule has 2 heterocycles. The van der Waals surface area contributed by atoms with Crippen molar-refractivity contribution >= 4 is 51.6 Å². The number of amides is 1. The molecule has 10 heteroatoms. The van der Waals surface area contributed by atoms with Gasteiger partial charge in [-0.25, -0.2) is 4.79 Å². The summed E-state index contributed by atoms with van der Waals surface area (Å²) in [6.45, 7) is 2.05. The van der Waals surface area contributed by atoms with Gasteiger partial charge in [-0.3, -0.25) is 4.79 Å². The number of thiophene rings is 1. The van der Waals surface area contributed by atoms with Crippen LogP contribution in [0.15, 0.2) is 33.9 Å². The minimum Gasteiger partial charge on any atom is -0.462 e. The fourth-order valence-electron chi connectivity index (χ4n) is 3.21.